The van der Waals surface area contributed by atoms with Crippen LogP contribution in [0.15, 0.2) is 59.0 Å². The van der Waals surface area contributed by atoms with Crippen molar-refractivity contribution < 1.29 is 9.59 Å². The Labute approximate surface area is 187 Å². The predicted octanol–water partition coefficient (Wildman–Crippen LogP) is 3.96. The predicted molar refractivity (Wildman–Crippen MR) is 126 cm³/mol. The molecule has 0 atom stereocenters. The molecule has 7 nitrogen and oxygen atoms in total. The maximum absolute atomic E-state index is 13.1. The monoisotopic (exact) mass is 444 g/mol. The number of nitrogens with zero attached hydrogens (tertiary/aromatic N) is 2. The van der Waals surface area contributed by atoms with Gasteiger partial charge < -0.3 is 10.6 Å². The fraction of sp³-hybridized carbons (Fsp3) is 0.167. The molecule has 3 heterocycles. The number of carbonyl (C=O) groups excluding carboxylic acids is 2. The van der Waals surface area contributed by atoms with Crippen LogP contribution < -0.4 is 16.2 Å². The molecule has 0 spiro atoms. The van der Waals surface area contributed by atoms with Crippen LogP contribution in [0.2, 0.25) is 0 Å². The summed E-state index contributed by atoms with van der Waals surface area (Å²) in [7, 11) is 0. The highest BCUT2D eigenvalue weighted by Gasteiger charge is 2.18. The molecule has 2 aromatic carbocycles. The quantitative estimate of drug-likeness (QED) is 0.487. The number of carbonyl (C=O) groups is 2. The molecule has 0 unspecified atom stereocenters. The summed E-state index contributed by atoms with van der Waals surface area (Å²) in [5, 5.41) is 8.14. The zero-order chi connectivity index (χ0) is 22.2. The highest BCUT2D eigenvalue weighted by molar-refractivity contribution is 7.17. The van der Waals surface area contributed by atoms with Gasteiger partial charge in [-0.15, -0.1) is 11.3 Å². The van der Waals surface area contributed by atoms with E-state index in [4.69, 9.17) is 0 Å². The van der Waals surface area contributed by atoms with Crippen LogP contribution in [0.5, 0.6) is 0 Å². The maximum Gasteiger partial charge on any atom is 0.262 e. The smallest absolute Gasteiger partial charge is 0.262 e. The minimum Gasteiger partial charge on any atom is -0.326 e. The molecule has 5 rings (SSSR count). The largest absolute Gasteiger partial charge is 0.326 e. The summed E-state index contributed by atoms with van der Waals surface area (Å²) in [4.78, 5) is 42.2. The van der Waals surface area contributed by atoms with E-state index in [2.05, 4.69) is 15.6 Å². The number of aromatic nitrogens is 2. The van der Waals surface area contributed by atoms with Gasteiger partial charge in [-0.1, -0.05) is 29.8 Å². The Morgan fingerprint density at radius 2 is 2.00 bits per heavy atom. The fourth-order valence-electron chi connectivity index (χ4n) is 3.82. The summed E-state index contributed by atoms with van der Waals surface area (Å²) >= 11 is 1.44. The number of anilines is 2. The van der Waals surface area contributed by atoms with E-state index in [1.807, 2.05) is 36.6 Å². The highest BCUT2D eigenvalue weighted by Crippen LogP contribution is 2.31. The molecule has 160 valence electrons. The van der Waals surface area contributed by atoms with Crippen LogP contribution in [0.1, 0.15) is 17.5 Å². The third kappa shape index (κ3) is 3.80. The first-order valence-electron chi connectivity index (χ1n) is 10.2. The van der Waals surface area contributed by atoms with Gasteiger partial charge in [-0.2, -0.15) is 0 Å². The number of amides is 2. The van der Waals surface area contributed by atoms with Crippen molar-refractivity contribution in [1.82, 2.24) is 9.55 Å². The van der Waals surface area contributed by atoms with E-state index >= 15 is 0 Å². The third-order valence-electron chi connectivity index (χ3n) is 5.52. The van der Waals surface area contributed by atoms with Gasteiger partial charge in [0, 0.05) is 35.3 Å². The lowest BCUT2D eigenvalue weighted by molar-refractivity contribution is -0.116. The number of rotatable bonds is 5. The minimum absolute atomic E-state index is 0.0517. The molecule has 1 aliphatic rings. The molecule has 8 heteroatoms. The Morgan fingerprint density at radius 1 is 1.19 bits per heavy atom. The molecule has 4 aromatic rings. The first-order chi connectivity index (χ1) is 15.5. The molecule has 2 amide bonds. The minimum atomic E-state index is -0.210. The lowest BCUT2D eigenvalue weighted by Gasteiger charge is -2.09. The number of nitrogens with one attached hydrogen (secondary N) is 2. The second kappa shape index (κ2) is 8.05. The zero-order valence-electron chi connectivity index (χ0n) is 17.3. The maximum atomic E-state index is 13.1. The van der Waals surface area contributed by atoms with Crippen LogP contribution in [0.3, 0.4) is 0 Å². The average molecular weight is 445 g/mol. The summed E-state index contributed by atoms with van der Waals surface area (Å²) in [5.74, 6) is -0.262. The van der Waals surface area contributed by atoms with E-state index in [9.17, 15) is 14.4 Å². The lowest BCUT2D eigenvalue weighted by Crippen LogP contribution is -2.23. The van der Waals surface area contributed by atoms with Crippen molar-refractivity contribution in [3.05, 3.63) is 75.7 Å². The van der Waals surface area contributed by atoms with Crippen LogP contribution in [0.25, 0.3) is 21.3 Å². The van der Waals surface area contributed by atoms with Gasteiger partial charge in [0.15, 0.2) is 0 Å². The molecular formula is C24H20N4O3S. The Bertz CT molecular complexity index is 1420. The van der Waals surface area contributed by atoms with Crippen LogP contribution in [0.4, 0.5) is 11.4 Å². The third-order valence-corrected chi connectivity index (χ3v) is 6.40. The lowest BCUT2D eigenvalue weighted by atomic mass is 10.1. The summed E-state index contributed by atoms with van der Waals surface area (Å²) < 4.78 is 1.48. The number of hydrogen-bond acceptors (Lipinski definition) is 5. The van der Waals surface area contributed by atoms with E-state index < -0.39 is 0 Å². The van der Waals surface area contributed by atoms with E-state index in [0.29, 0.717) is 22.3 Å². The highest BCUT2D eigenvalue weighted by atomic mass is 32.1. The molecule has 0 fully saturated rings. The van der Waals surface area contributed by atoms with Gasteiger partial charge in [0.25, 0.3) is 5.56 Å². The first kappa shape index (κ1) is 20.1. The number of thiophene rings is 1. The summed E-state index contributed by atoms with van der Waals surface area (Å²) in [6.07, 6.45) is 1.94. The van der Waals surface area contributed by atoms with Crippen LogP contribution in [0, 0.1) is 6.92 Å². The van der Waals surface area contributed by atoms with Crippen LogP contribution in [-0.2, 0) is 22.6 Å². The van der Waals surface area contributed by atoms with Gasteiger partial charge in [0.05, 0.1) is 18.1 Å². The van der Waals surface area contributed by atoms with Gasteiger partial charge in [-0.25, -0.2) is 4.98 Å². The Hall–Kier alpha value is -3.78. The van der Waals surface area contributed by atoms with Crippen molar-refractivity contribution in [3.63, 3.8) is 0 Å². The van der Waals surface area contributed by atoms with E-state index in [0.717, 1.165) is 27.9 Å². The van der Waals surface area contributed by atoms with Crippen molar-refractivity contribution >= 4 is 44.7 Å². The summed E-state index contributed by atoms with van der Waals surface area (Å²) in [6, 6.07) is 13.4. The normalized spacial score (nSPS) is 12.6. The van der Waals surface area contributed by atoms with Gasteiger partial charge in [-0.3, -0.25) is 19.0 Å². The van der Waals surface area contributed by atoms with Gasteiger partial charge in [0.1, 0.15) is 4.83 Å². The average Bonchev–Trinajstić information content (AvgIpc) is 3.36. The van der Waals surface area contributed by atoms with Gasteiger partial charge in [0.2, 0.25) is 11.8 Å². The Morgan fingerprint density at radius 3 is 2.81 bits per heavy atom. The molecule has 0 bridgehead atoms. The Balaban J connectivity index is 1.33. The second-order valence-corrected chi connectivity index (χ2v) is 8.69. The van der Waals surface area contributed by atoms with Crippen molar-refractivity contribution in [2.75, 3.05) is 10.6 Å². The summed E-state index contributed by atoms with van der Waals surface area (Å²) in [5.41, 5.74) is 5.11. The van der Waals surface area contributed by atoms with E-state index in [1.165, 1.54) is 22.2 Å². The topological polar surface area (TPSA) is 93.1 Å². The summed E-state index contributed by atoms with van der Waals surface area (Å²) in [6.45, 7) is 2.25. The number of benzene rings is 2. The zero-order valence-corrected chi connectivity index (χ0v) is 18.2. The van der Waals surface area contributed by atoms with Gasteiger partial charge >= 0.3 is 0 Å². The number of hydrogen-bond donors (Lipinski definition) is 2. The Kier molecular flexibility index (Phi) is 5.07. The number of fused-ring (bicyclic) bond motifs is 2. The van der Waals surface area contributed by atoms with Crippen molar-refractivity contribution in [3.8, 4) is 11.1 Å². The SMILES string of the molecule is Cc1ccc(-c2csc3ncn(CCC(=O)Nc4ccc5c(c4)CC(=O)N5)c(=O)c23)cc1. The van der Waals surface area contributed by atoms with Crippen molar-refractivity contribution in [1.29, 1.82) is 0 Å². The van der Waals surface area contributed by atoms with E-state index in [-0.39, 0.29) is 30.3 Å². The molecular weight excluding hydrogens is 424 g/mol. The van der Waals surface area contributed by atoms with Crippen molar-refractivity contribution in [2.24, 2.45) is 0 Å². The van der Waals surface area contributed by atoms with Crippen molar-refractivity contribution in [2.45, 2.75) is 26.3 Å². The fourth-order valence-corrected chi connectivity index (χ4v) is 4.73. The molecule has 32 heavy (non-hydrogen) atoms. The molecule has 2 N–H and O–H groups in total. The second-order valence-electron chi connectivity index (χ2n) is 7.83. The molecule has 1 aliphatic heterocycles. The standard InChI is InChI=1S/C24H20N4O3S/c1-14-2-4-15(5-3-14)18-12-32-23-22(18)24(31)28(13-25-23)9-8-20(29)26-17-6-7-19-16(10-17)11-21(30)27-19/h2-7,10,12-13H,8-9,11H2,1H3,(H,26,29)(H,27,30). The van der Waals surface area contributed by atoms with E-state index in [1.54, 1.807) is 18.2 Å². The molecule has 2 aromatic heterocycles. The van der Waals surface area contributed by atoms with Gasteiger partial charge in [-0.05, 0) is 36.2 Å². The molecule has 0 radical (unpaired) electrons. The molecule has 0 saturated heterocycles. The van der Waals surface area contributed by atoms with Crippen LogP contribution >= 0.6 is 11.3 Å². The number of aryl methyl sites for hydroxylation is 2. The molecule has 0 aliphatic carbocycles. The van der Waals surface area contributed by atoms with Crippen LogP contribution in [-0.4, -0.2) is 21.4 Å². The molecule has 0 saturated carbocycles. The first-order valence-corrected chi connectivity index (χ1v) is 11.1.